The molecule has 0 amide bonds. The van der Waals surface area contributed by atoms with Crippen LogP contribution in [-0.2, 0) is 5.41 Å². The Hall–Kier alpha value is -5.60. The molecule has 1 heterocycles. The summed E-state index contributed by atoms with van der Waals surface area (Å²) in [5.74, 6) is 0. The van der Waals surface area contributed by atoms with Crippen LogP contribution in [0.15, 0.2) is 156 Å². The molecule has 0 aliphatic heterocycles. The van der Waals surface area contributed by atoms with E-state index in [0.717, 1.165) is 33.6 Å². The van der Waals surface area contributed by atoms with E-state index in [0.29, 0.717) is 0 Å². The molecule has 0 fully saturated rings. The van der Waals surface area contributed by atoms with Crippen LogP contribution >= 0.6 is 0 Å². The van der Waals surface area contributed by atoms with E-state index in [-0.39, 0.29) is 5.41 Å². The molecular weight excluding hydrogens is 546 g/mol. The van der Waals surface area contributed by atoms with E-state index in [1.807, 2.05) is 0 Å². The van der Waals surface area contributed by atoms with Gasteiger partial charge < -0.3 is 9.32 Å². The normalized spacial score (nSPS) is 13.3. The van der Waals surface area contributed by atoms with Crippen molar-refractivity contribution in [3.05, 3.63) is 163 Å². The maximum Gasteiger partial charge on any atom is 0.136 e. The predicted octanol–water partition coefficient (Wildman–Crippen LogP) is 12.2. The topological polar surface area (TPSA) is 16.4 Å². The first-order valence-electron chi connectivity index (χ1n) is 15.6. The fourth-order valence-electron chi connectivity index (χ4n) is 7.39. The molecule has 0 radical (unpaired) electrons. The Morgan fingerprint density at radius 2 is 1.13 bits per heavy atom. The summed E-state index contributed by atoms with van der Waals surface area (Å²) in [6.45, 7) is 4.68. The molecule has 1 aliphatic carbocycles. The van der Waals surface area contributed by atoms with Gasteiger partial charge in [-0.05, 0) is 98.8 Å². The first kappa shape index (κ1) is 25.9. The molecule has 1 aliphatic rings. The van der Waals surface area contributed by atoms with Gasteiger partial charge in [0.05, 0.1) is 0 Å². The van der Waals surface area contributed by atoms with Gasteiger partial charge in [-0.3, -0.25) is 0 Å². The van der Waals surface area contributed by atoms with E-state index in [1.165, 1.54) is 49.5 Å². The molecule has 0 spiro atoms. The van der Waals surface area contributed by atoms with Gasteiger partial charge in [0.15, 0.2) is 0 Å². The van der Waals surface area contributed by atoms with Crippen molar-refractivity contribution in [3.8, 4) is 22.3 Å². The molecule has 2 heteroatoms. The minimum absolute atomic E-state index is 0.0601. The molecule has 2 nitrogen and oxygen atoms in total. The maximum atomic E-state index is 6.26. The molecule has 7 aromatic carbocycles. The van der Waals surface area contributed by atoms with Gasteiger partial charge in [-0.15, -0.1) is 0 Å². The summed E-state index contributed by atoms with van der Waals surface area (Å²) >= 11 is 0. The number of para-hydroxylation sites is 1. The van der Waals surface area contributed by atoms with Crippen LogP contribution in [0.3, 0.4) is 0 Å². The first-order valence-corrected chi connectivity index (χ1v) is 15.6. The van der Waals surface area contributed by atoms with Gasteiger partial charge >= 0.3 is 0 Å². The first-order chi connectivity index (χ1) is 22.1. The Balaban J connectivity index is 1.14. The van der Waals surface area contributed by atoms with Crippen molar-refractivity contribution in [1.82, 2.24) is 0 Å². The molecule has 8 aromatic rings. The van der Waals surface area contributed by atoms with Crippen molar-refractivity contribution in [1.29, 1.82) is 0 Å². The van der Waals surface area contributed by atoms with Gasteiger partial charge in [0, 0.05) is 33.2 Å². The standard InChI is InChI=1S/C43H31NO/c1-43(2)38-15-9-8-14-35(38)36-23-22-33(27-39(36)43)44(31-11-4-3-5-12-31)32-20-16-28(17-21-32)30-19-24-40-37(26-30)42-34-13-7-6-10-29(34)18-25-41(42)45-40/h3-27H,1-2H3. The summed E-state index contributed by atoms with van der Waals surface area (Å²) in [6, 6.07) is 54.7. The lowest BCUT2D eigenvalue weighted by Crippen LogP contribution is -2.16. The number of rotatable bonds is 4. The number of furan rings is 1. The van der Waals surface area contributed by atoms with Crippen LogP contribution < -0.4 is 4.90 Å². The van der Waals surface area contributed by atoms with E-state index >= 15 is 0 Å². The van der Waals surface area contributed by atoms with Gasteiger partial charge in [-0.1, -0.05) is 111 Å². The lowest BCUT2D eigenvalue weighted by molar-refractivity contribution is 0.660. The molecule has 9 rings (SSSR count). The number of fused-ring (bicyclic) bond motifs is 8. The molecule has 0 bridgehead atoms. The van der Waals surface area contributed by atoms with Gasteiger partial charge in [0.25, 0.3) is 0 Å². The van der Waals surface area contributed by atoms with Crippen LogP contribution in [0.4, 0.5) is 17.1 Å². The summed E-state index contributed by atoms with van der Waals surface area (Å²) < 4.78 is 6.26. The fourth-order valence-corrected chi connectivity index (χ4v) is 7.39. The molecular formula is C43H31NO. The third-order valence-corrected chi connectivity index (χ3v) is 9.66. The Bertz CT molecular complexity index is 2400. The molecule has 0 N–H and O–H groups in total. The quantitative estimate of drug-likeness (QED) is 0.207. The zero-order chi connectivity index (χ0) is 30.1. The summed E-state index contributed by atoms with van der Waals surface area (Å²) in [5, 5.41) is 4.78. The summed E-state index contributed by atoms with van der Waals surface area (Å²) in [6.07, 6.45) is 0. The van der Waals surface area contributed by atoms with Crippen LogP contribution in [0.2, 0.25) is 0 Å². The second-order valence-electron chi connectivity index (χ2n) is 12.6. The molecule has 0 saturated heterocycles. The van der Waals surface area contributed by atoms with E-state index in [4.69, 9.17) is 4.42 Å². The lowest BCUT2D eigenvalue weighted by Gasteiger charge is -2.28. The van der Waals surface area contributed by atoms with Gasteiger partial charge in [-0.2, -0.15) is 0 Å². The maximum absolute atomic E-state index is 6.26. The Kier molecular flexibility index (Phi) is 5.58. The molecule has 1 aromatic heterocycles. The highest BCUT2D eigenvalue weighted by Gasteiger charge is 2.35. The van der Waals surface area contributed by atoms with Crippen LogP contribution in [-0.4, -0.2) is 0 Å². The number of nitrogens with zero attached hydrogens (tertiary/aromatic N) is 1. The van der Waals surface area contributed by atoms with Crippen molar-refractivity contribution >= 4 is 49.8 Å². The number of anilines is 3. The number of benzene rings is 7. The van der Waals surface area contributed by atoms with E-state index < -0.39 is 0 Å². The van der Waals surface area contributed by atoms with Crippen LogP contribution in [0.1, 0.15) is 25.0 Å². The third kappa shape index (κ3) is 3.96. The molecule has 0 saturated carbocycles. The largest absolute Gasteiger partial charge is 0.456 e. The summed E-state index contributed by atoms with van der Waals surface area (Å²) in [5.41, 5.74) is 13.0. The Labute approximate surface area is 262 Å². The van der Waals surface area contributed by atoms with Gasteiger partial charge in [-0.25, -0.2) is 0 Å². The second-order valence-corrected chi connectivity index (χ2v) is 12.6. The van der Waals surface area contributed by atoms with E-state index in [9.17, 15) is 0 Å². The lowest BCUT2D eigenvalue weighted by atomic mass is 9.82. The molecule has 214 valence electrons. The van der Waals surface area contributed by atoms with Gasteiger partial charge in [0.2, 0.25) is 0 Å². The van der Waals surface area contributed by atoms with Crippen molar-refractivity contribution in [2.24, 2.45) is 0 Å². The minimum atomic E-state index is -0.0601. The number of hydrogen-bond donors (Lipinski definition) is 0. The van der Waals surface area contributed by atoms with Crippen molar-refractivity contribution in [3.63, 3.8) is 0 Å². The highest BCUT2D eigenvalue weighted by molar-refractivity contribution is 6.19. The zero-order valence-corrected chi connectivity index (χ0v) is 25.3. The average molecular weight is 578 g/mol. The zero-order valence-electron chi connectivity index (χ0n) is 25.3. The molecule has 0 atom stereocenters. The second kappa shape index (κ2) is 9.70. The Morgan fingerprint density at radius 1 is 0.467 bits per heavy atom. The van der Waals surface area contributed by atoms with Crippen molar-refractivity contribution in [2.45, 2.75) is 19.3 Å². The third-order valence-electron chi connectivity index (χ3n) is 9.66. The van der Waals surface area contributed by atoms with Crippen LogP contribution in [0.25, 0.3) is 55.0 Å². The summed E-state index contributed by atoms with van der Waals surface area (Å²) in [7, 11) is 0. The smallest absolute Gasteiger partial charge is 0.136 e. The van der Waals surface area contributed by atoms with Crippen LogP contribution in [0, 0.1) is 0 Å². The summed E-state index contributed by atoms with van der Waals surface area (Å²) in [4.78, 5) is 2.36. The average Bonchev–Trinajstić information content (AvgIpc) is 3.58. The predicted molar refractivity (Wildman–Crippen MR) is 189 cm³/mol. The SMILES string of the molecule is CC1(C)c2ccccc2-c2ccc(N(c3ccccc3)c3ccc(-c4ccc5oc6ccc7ccccc7c6c5c4)cc3)cc21. The van der Waals surface area contributed by atoms with Gasteiger partial charge in [0.1, 0.15) is 11.2 Å². The molecule has 45 heavy (non-hydrogen) atoms. The highest BCUT2D eigenvalue weighted by Crippen LogP contribution is 2.50. The van der Waals surface area contributed by atoms with Crippen LogP contribution in [0.5, 0.6) is 0 Å². The Morgan fingerprint density at radius 3 is 2.00 bits per heavy atom. The van der Waals surface area contributed by atoms with E-state index in [2.05, 4.69) is 170 Å². The highest BCUT2D eigenvalue weighted by atomic mass is 16.3. The minimum Gasteiger partial charge on any atom is -0.456 e. The molecule has 0 unspecified atom stereocenters. The fraction of sp³-hybridized carbons (Fsp3) is 0.0698. The van der Waals surface area contributed by atoms with Crippen molar-refractivity contribution in [2.75, 3.05) is 4.90 Å². The van der Waals surface area contributed by atoms with E-state index in [1.54, 1.807) is 0 Å². The monoisotopic (exact) mass is 577 g/mol. The van der Waals surface area contributed by atoms with Crippen molar-refractivity contribution < 1.29 is 4.42 Å². The number of hydrogen-bond acceptors (Lipinski definition) is 2.